The standard InChI is InChI=1S/C4H9NO.ClH/c1-4(2-5)3-6;/h6H,1-3,5H2;1H. The maximum Gasteiger partial charge on any atom is 0.0651 e. The topological polar surface area (TPSA) is 46.2 Å². The predicted molar refractivity (Wildman–Crippen MR) is 32.5 cm³/mol. The van der Waals surface area contributed by atoms with Crippen molar-refractivity contribution in [3.63, 3.8) is 0 Å². The summed E-state index contributed by atoms with van der Waals surface area (Å²) < 4.78 is 0. The summed E-state index contributed by atoms with van der Waals surface area (Å²) in [6.07, 6.45) is 0. The van der Waals surface area contributed by atoms with Crippen LogP contribution in [0.3, 0.4) is 0 Å². The summed E-state index contributed by atoms with van der Waals surface area (Å²) in [5, 5.41) is 8.16. The highest BCUT2D eigenvalue weighted by molar-refractivity contribution is 5.85. The van der Waals surface area contributed by atoms with Crippen molar-refractivity contribution >= 4 is 12.4 Å². The molecular formula is C4H10ClNO. The summed E-state index contributed by atoms with van der Waals surface area (Å²) in [6, 6.07) is 0. The van der Waals surface area contributed by atoms with Crippen LogP contribution in [-0.4, -0.2) is 18.3 Å². The minimum atomic E-state index is 0. The fraction of sp³-hybridized carbons (Fsp3) is 0.500. The van der Waals surface area contributed by atoms with Gasteiger partial charge in [-0.1, -0.05) is 6.58 Å². The predicted octanol–water partition coefficient (Wildman–Crippen LogP) is -0.0846. The summed E-state index contributed by atoms with van der Waals surface area (Å²) in [5.74, 6) is 0. The van der Waals surface area contributed by atoms with Crippen LogP contribution in [0.15, 0.2) is 12.2 Å². The molecule has 3 heteroatoms. The van der Waals surface area contributed by atoms with Gasteiger partial charge in [0.1, 0.15) is 0 Å². The molecule has 44 valence electrons. The van der Waals surface area contributed by atoms with Gasteiger partial charge in [-0.05, 0) is 5.57 Å². The van der Waals surface area contributed by atoms with Crippen molar-refractivity contribution in [3.8, 4) is 0 Å². The van der Waals surface area contributed by atoms with Crippen LogP contribution in [0.2, 0.25) is 0 Å². The van der Waals surface area contributed by atoms with E-state index in [0.717, 1.165) is 0 Å². The Morgan fingerprint density at radius 1 is 1.71 bits per heavy atom. The van der Waals surface area contributed by atoms with E-state index in [4.69, 9.17) is 10.8 Å². The van der Waals surface area contributed by atoms with E-state index in [1.54, 1.807) is 0 Å². The first-order valence-electron chi connectivity index (χ1n) is 1.79. The molecule has 0 bridgehead atoms. The molecule has 0 radical (unpaired) electrons. The zero-order chi connectivity index (χ0) is 4.99. The molecule has 7 heavy (non-hydrogen) atoms. The van der Waals surface area contributed by atoms with Gasteiger partial charge in [-0.25, -0.2) is 0 Å². The molecule has 0 unspecified atom stereocenters. The van der Waals surface area contributed by atoms with Gasteiger partial charge in [-0.2, -0.15) is 0 Å². The third-order valence-electron chi connectivity index (χ3n) is 0.512. The first kappa shape index (κ1) is 10.0. The largest absolute Gasteiger partial charge is 0.392 e. The lowest BCUT2D eigenvalue weighted by Crippen LogP contribution is -2.04. The number of hydrogen-bond acceptors (Lipinski definition) is 2. The lowest BCUT2D eigenvalue weighted by atomic mass is 10.3. The molecule has 0 amide bonds. The molecule has 0 aromatic carbocycles. The van der Waals surface area contributed by atoms with E-state index in [2.05, 4.69) is 6.58 Å². The highest BCUT2D eigenvalue weighted by Crippen LogP contribution is 1.77. The second-order valence-corrected chi connectivity index (χ2v) is 1.11. The summed E-state index contributed by atoms with van der Waals surface area (Å²) in [7, 11) is 0. The van der Waals surface area contributed by atoms with Gasteiger partial charge in [0.25, 0.3) is 0 Å². The van der Waals surface area contributed by atoms with Crippen LogP contribution in [0.5, 0.6) is 0 Å². The molecule has 0 aliphatic rings. The van der Waals surface area contributed by atoms with Gasteiger partial charge in [0, 0.05) is 6.54 Å². The fourth-order valence-electron chi connectivity index (χ4n) is 0.0645. The maximum atomic E-state index is 8.16. The van der Waals surface area contributed by atoms with Crippen LogP contribution in [0.4, 0.5) is 0 Å². The molecule has 3 N–H and O–H groups in total. The van der Waals surface area contributed by atoms with Crippen LogP contribution in [0.1, 0.15) is 0 Å². The Morgan fingerprint density at radius 2 is 2.14 bits per heavy atom. The van der Waals surface area contributed by atoms with E-state index in [1.165, 1.54) is 0 Å². The van der Waals surface area contributed by atoms with Crippen LogP contribution >= 0.6 is 12.4 Å². The molecular weight excluding hydrogens is 114 g/mol. The summed E-state index contributed by atoms with van der Waals surface area (Å²) >= 11 is 0. The van der Waals surface area contributed by atoms with Gasteiger partial charge < -0.3 is 10.8 Å². The minimum Gasteiger partial charge on any atom is -0.392 e. The Balaban J connectivity index is 0. The quantitative estimate of drug-likeness (QED) is 0.505. The van der Waals surface area contributed by atoms with E-state index in [-0.39, 0.29) is 19.0 Å². The second kappa shape index (κ2) is 5.95. The lowest BCUT2D eigenvalue weighted by molar-refractivity contribution is 0.330. The molecule has 0 rings (SSSR count). The Labute approximate surface area is 49.4 Å². The molecule has 2 nitrogen and oxygen atoms in total. The Morgan fingerprint density at radius 3 is 2.14 bits per heavy atom. The molecule has 0 saturated carbocycles. The summed E-state index contributed by atoms with van der Waals surface area (Å²) in [4.78, 5) is 0. The lowest BCUT2D eigenvalue weighted by Gasteiger charge is -1.89. The van der Waals surface area contributed by atoms with Crippen molar-refractivity contribution in [2.75, 3.05) is 13.2 Å². The third kappa shape index (κ3) is 5.95. The Kier molecular flexibility index (Phi) is 8.54. The van der Waals surface area contributed by atoms with Crippen molar-refractivity contribution in [3.05, 3.63) is 12.2 Å². The number of aliphatic hydroxyl groups excluding tert-OH is 1. The molecule has 0 spiro atoms. The number of halogens is 1. The molecule has 0 saturated heterocycles. The maximum absolute atomic E-state index is 8.16. The zero-order valence-corrected chi connectivity index (χ0v) is 4.87. The zero-order valence-electron chi connectivity index (χ0n) is 4.05. The monoisotopic (exact) mass is 123 g/mol. The highest BCUT2D eigenvalue weighted by atomic mass is 35.5. The van der Waals surface area contributed by atoms with E-state index < -0.39 is 0 Å². The van der Waals surface area contributed by atoms with Crippen molar-refractivity contribution in [2.45, 2.75) is 0 Å². The number of hydrogen-bond donors (Lipinski definition) is 2. The van der Waals surface area contributed by atoms with Gasteiger partial charge >= 0.3 is 0 Å². The average molecular weight is 124 g/mol. The SMILES string of the molecule is C=C(CN)CO.Cl. The van der Waals surface area contributed by atoms with Crippen molar-refractivity contribution < 1.29 is 5.11 Å². The fourth-order valence-corrected chi connectivity index (χ4v) is 0.0645. The van der Waals surface area contributed by atoms with E-state index in [0.29, 0.717) is 12.1 Å². The van der Waals surface area contributed by atoms with Crippen LogP contribution in [0.25, 0.3) is 0 Å². The van der Waals surface area contributed by atoms with Gasteiger partial charge in [0.2, 0.25) is 0 Å². The Hall–Kier alpha value is -0.0500. The van der Waals surface area contributed by atoms with Gasteiger partial charge in [-0.15, -0.1) is 12.4 Å². The molecule has 0 aliphatic carbocycles. The van der Waals surface area contributed by atoms with E-state index in [9.17, 15) is 0 Å². The van der Waals surface area contributed by atoms with Crippen LogP contribution in [0, 0.1) is 0 Å². The van der Waals surface area contributed by atoms with Gasteiger partial charge in [-0.3, -0.25) is 0 Å². The molecule has 0 heterocycles. The first-order valence-corrected chi connectivity index (χ1v) is 1.79. The van der Waals surface area contributed by atoms with Crippen molar-refractivity contribution in [1.82, 2.24) is 0 Å². The third-order valence-corrected chi connectivity index (χ3v) is 0.512. The molecule has 0 atom stereocenters. The number of aliphatic hydroxyl groups is 1. The van der Waals surface area contributed by atoms with Crippen molar-refractivity contribution in [1.29, 1.82) is 0 Å². The number of nitrogens with two attached hydrogens (primary N) is 1. The smallest absolute Gasteiger partial charge is 0.0651 e. The van der Waals surface area contributed by atoms with Gasteiger partial charge in [0.15, 0.2) is 0 Å². The van der Waals surface area contributed by atoms with Crippen molar-refractivity contribution in [2.24, 2.45) is 5.73 Å². The summed E-state index contributed by atoms with van der Waals surface area (Å²) in [6.45, 7) is 3.81. The molecule has 0 fully saturated rings. The van der Waals surface area contributed by atoms with Crippen LogP contribution < -0.4 is 5.73 Å². The van der Waals surface area contributed by atoms with Gasteiger partial charge in [0.05, 0.1) is 6.61 Å². The Bertz CT molecular complexity index is 49.7. The van der Waals surface area contributed by atoms with E-state index in [1.807, 2.05) is 0 Å². The summed E-state index contributed by atoms with van der Waals surface area (Å²) in [5.41, 5.74) is 5.70. The second-order valence-electron chi connectivity index (χ2n) is 1.11. The number of rotatable bonds is 2. The molecule has 0 aliphatic heterocycles. The highest BCUT2D eigenvalue weighted by Gasteiger charge is 1.79. The molecule has 0 aromatic rings. The van der Waals surface area contributed by atoms with E-state index >= 15 is 0 Å². The molecule has 0 aromatic heterocycles. The minimum absolute atomic E-state index is 0. The first-order chi connectivity index (χ1) is 2.81. The normalized spacial score (nSPS) is 7.14. The average Bonchev–Trinajstić information content (AvgIpc) is 1.65. The van der Waals surface area contributed by atoms with Crippen LogP contribution in [-0.2, 0) is 0 Å².